The van der Waals surface area contributed by atoms with Crippen molar-refractivity contribution in [2.24, 2.45) is 0 Å². The van der Waals surface area contributed by atoms with Crippen LogP contribution in [0.5, 0.6) is 0 Å². The smallest absolute Gasteiger partial charge is 0.341 e. The molecule has 0 fully saturated rings. The second kappa shape index (κ2) is 4.61. The fourth-order valence-corrected chi connectivity index (χ4v) is 2.18. The van der Waals surface area contributed by atoms with Gasteiger partial charge in [-0.25, -0.2) is 4.79 Å². The third-order valence-corrected chi connectivity index (χ3v) is 3.18. The highest BCUT2D eigenvalue weighted by atomic mass is 16.4. The number of benzene rings is 2. The maximum Gasteiger partial charge on any atom is 0.341 e. The Hall–Kier alpha value is -2.55. The van der Waals surface area contributed by atoms with Crippen molar-refractivity contribution in [2.45, 2.75) is 6.42 Å². The number of rotatable bonds is 2. The Labute approximate surface area is 110 Å². The van der Waals surface area contributed by atoms with Crippen LogP contribution in [0.15, 0.2) is 63.8 Å². The van der Waals surface area contributed by atoms with Crippen LogP contribution in [0.1, 0.15) is 11.1 Å². The van der Waals surface area contributed by atoms with Crippen LogP contribution in [-0.4, -0.2) is 0 Å². The second-order valence-corrected chi connectivity index (χ2v) is 4.44. The average molecular weight is 251 g/mol. The fourth-order valence-electron chi connectivity index (χ4n) is 2.18. The molecule has 0 saturated carbocycles. The van der Waals surface area contributed by atoms with Crippen LogP contribution in [0.25, 0.3) is 11.0 Å². The molecule has 3 heteroatoms. The normalized spacial score (nSPS) is 10.7. The lowest BCUT2D eigenvalue weighted by atomic mass is 10.0. The van der Waals surface area contributed by atoms with Gasteiger partial charge in [0.1, 0.15) is 5.58 Å². The lowest BCUT2D eigenvalue weighted by Gasteiger charge is -2.07. The van der Waals surface area contributed by atoms with Gasteiger partial charge >= 0.3 is 5.63 Å². The van der Waals surface area contributed by atoms with E-state index < -0.39 is 0 Å². The van der Waals surface area contributed by atoms with Gasteiger partial charge in [-0.2, -0.15) is 0 Å². The van der Waals surface area contributed by atoms with E-state index in [4.69, 9.17) is 10.2 Å². The largest absolute Gasteiger partial charge is 0.422 e. The quantitative estimate of drug-likeness (QED) is 0.712. The summed E-state index contributed by atoms with van der Waals surface area (Å²) in [5, 5.41) is 0.785. The molecule has 0 aliphatic carbocycles. The van der Waals surface area contributed by atoms with Crippen molar-refractivity contribution in [1.29, 1.82) is 0 Å². The third kappa shape index (κ3) is 2.10. The number of fused-ring (bicyclic) bond motifs is 1. The first-order valence-electron chi connectivity index (χ1n) is 6.10. The predicted octanol–water partition coefficient (Wildman–Crippen LogP) is 2.97. The van der Waals surface area contributed by atoms with Gasteiger partial charge in [0.25, 0.3) is 0 Å². The van der Waals surface area contributed by atoms with Crippen LogP contribution in [0.2, 0.25) is 0 Å². The first-order valence-corrected chi connectivity index (χ1v) is 6.10. The van der Waals surface area contributed by atoms with Crippen molar-refractivity contribution in [2.75, 3.05) is 5.73 Å². The minimum absolute atomic E-state index is 0.361. The first-order chi connectivity index (χ1) is 9.25. The maximum atomic E-state index is 12.0. The number of hydrogen-bond acceptors (Lipinski definition) is 3. The number of hydrogen-bond donors (Lipinski definition) is 1. The molecule has 19 heavy (non-hydrogen) atoms. The van der Waals surface area contributed by atoms with Crippen molar-refractivity contribution < 1.29 is 4.42 Å². The summed E-state index contributed by atoms with van der Waals surface area (Å²) in [7, 11) is 0. The van der Waals surface area contributed by atoms with E-state index in [9.17, 15) is 4.79 Å². The molecule has 3 nitrogen and oxygen atoms in total. The van der Waals surface area contributed by atoms with E-state index in [1.165, 1.54) is 0 Å². The Balaban J connectivity index is 2.16. The molecular weight excluding hydrogens is 238 g/mol. The number of nitrogens with two attached hydrogens (primary N) is 1. The Kier molecular flexibility index (Phi) is 2.80. The maximum absolute atomic E-state index is 12.0. The third-order valence-electron chi connectivity index (χ3n) is 3.18. The van der Waals surface area contributed by atoms with Crippen molar-refractivity contribution in [3.05, 3.63) is 76.1 Å². The summed E-state index contributed by atoms with van der Waals surface area (Å²) in [5.74, 6) is 0. The minimum atomic E-state index is -0.361. The van der Waals surface area contributed by atoms with Crippen molar-refractivity contribution in [3.63, 3.8) is 0 Å². The van der Waals surface area contributed by atoms with Crippen molar-refractivity contribution >= 4 is 16.7 Å². The van der Waals surface area contributed by atoms with E-state index in [1.54, 1.807) is 6.07 Å². The highest BCUT2D eigenvalue weighted by molar-refractivity contribution is 5.90. The molecule has 2 N–H and O–H groups in total. The fraction of sp³-hybridized carbons (Fsp3) is 0.0625. The highest BCUT2D eigenvalue weighted by Gasteiger charge is 2.12. The molecule has 1 aromatic heterocycles. The molecular formula is C16H13NO2. The van der Waals surface area contributed by atoms with Crippen molar-refractivity contribution in [1.82, 2.24) is 0 Å². The van der Waals surface area contributed by atoms with Gasteiger partial charge in [0, 0.05) is 11.8 Å². The van der Waals surface area contributed by atoms with Crippen LogP contribution in [0.3, 0.4) is 0 Å². The molecule has 0 unspecified atom stereocenters. The molecule has 0 spiro atoms. The van der Waals surface area contributed by atoms with Gasteiger partial charge in [-0.3, -0.25) is 0 Å². The zero-order valence-corrected chi connectivity index (χ0v) is 10.3. The van der Waals surface area contributed by atoms with Crippen LogP contribution in [0.4, 0.5) is 5.69 Å². The molecule has 0 aliphatic rings. The molecule has 0 radical (unpaired) electrons. The van der Waals surface area contributed by atoms with Crippen LogP contribution >= 0.6 is 0 Å². The lowest BCUT2D eigenvalue weighted by Crippen LogP contribution is -2.12. The lowest BCUT2D eigenvalue weighted by molar-refractivity contribution is 0.553. The van der Waals surface area contributed by atoms with Gasteiger partial charge in [-0.15, -0.1) is 0 Å². The topological polar surface area (TPSA) is 56.2 Å². The molecule has 0 saturated heterocycles. The van der Waals surface area contributed by atoms with E-state index >= 15 is 0 Å². The van der Waals surface area contributed by atoms with E-state index in [0.717, 1.165) is 10.9 Å². The van der Waals surface area contributed by atoms with Gasteiger partial charge in [-0.05, 0) is 17.7 Å². The van der Waals surface area contributed by atoms with Gasteiger partial charge < -0.3 is 10.2 Å². The average Bonchev–Trinajstić information content (AvgIpc) is 2.45. The summed E-state index contributed by atoms with van der Waals surface area (Å²) in [6.07, 6.45) is 0.486. The van der Waals surface area contributed by atoms with Gasteiger partial charge in [0.05, 0.1) is 11.3 Å². The molecule has 1 heterocycles. The highest BCUT2D eigenvalue weighted by Crippen LogP contribution is 2.23. The Morgan fingerprint density at radius 1 is 0.947 bits per heavy atom. The number of nitrogen functional groups attached to an aromatic ring is 1. The summed E-state index contributed by atoms with van der Waals surface area (Å²) in [4.78, 5) is 12.0. The standard InChI is InChI=1S/C16H13NO2/c17-15-12-8-4-5-9-14(12)19-16(18)13(15)10-11-6-2-1-3-7-11/h1-9H,10,17H2. The number of anilines is 1. The van der Waals surface area contributed by atoms with E-state index in [1.807, 2.05) is 48.5 Å². The van der Waals surface area contributed by atoms with E-state index in [0.29, 0.717) is 23.3 Å². The van der Waals surface area contributed by atoms with Gasteiger partial charge in [0.2, 0.25) is 0 Å². The SMILES string of the molecule is Nc1c(Cc2ccccc2)c(=O)oc2ccccc12. The summed E-state index contributed by atoms with van der Waals surface area (Å²) >= 11 is 0. The minimum Gasteiger partial charge on any atom is -0.422 e. The first kappa shape index (κ1) is 11.5. The summed E-state index contributed by atoms with van der Waals surface area (Å²) in [6.45, 7) is 0. The molecule has 3 rings (SSSR count). The number of para-hydroxylation sites is 1. The van der Waals surface area contributed by atoms with Gasteiger partial charge in [0.15, 0.2) is 0 Å². The summed E-state index contributed by atoms with van der Waals surface area (Å²) in [6, 6.07) is 17.1. The molecule has 2 aromatic carbocycles. The predicted molar refractivity (Wildman–Crippen MR) is 76.1 cm³/mol. The monoisotopic (exact) mass is 251 g/mol. The summed E-state index contributed by atoms with van der Waals surface area (Å²) in [5.41, 5.74) is 8.34. The molecule has 0 amide bonds. The molecule has 94 valence electrons. The summed E-state index contributed by atoms with van der Waals surface area (Å²) < 4.78 is 5.31. The van der Waals surface area contributed by atoms with E-state index in [2.05, 4.69) is 0 Å². The molecule has 3 aromatic rings. The Morgan fingerprint density at radius 2 is 1.63 bits per heavy atom. The van der Waals surface area contributed by atoms with Crippen LogP contribution in [-0.2, 0) is 6.42 Å². The zero-order valence-electron chi connectivity index (χ0n) is 10.3. The molecule has 0 atom stereocenters. The van der Waals surface area contributed by atoms with Crippen molar-refractivity contribution in [3.8, 4) is 0 Å². The van der Waals surface area contributed by atoms with Crippen LogP contribution in [0, 0.1) is 0 Å². The van der Waals surface area contributed by atoms with Crippen LogP contribution < -0.4 is 11.4 Å². The van der Waals surface area contributed by atoms with E-state index in [-0.39, 0.29) is 5.63 Å². The zero-order chi connectivity index (χ0) is 13.2. The molecule has 0 aliphatic heterocycles. The van der Waals surface area contributed by atoms with Gasteiger partial charge in [-0.1, -0.05) is 42.5 Å². The second-order valence-electron chi connectivity index (χ2n) is 4.44. The molecule has 0 bridgehead atoms. The Bertz CT molecular complexity index is 776. The Morgan fingerprint density at radius 3 is 2.42 bits per heavy atom.